The lowest BCUT2D eigenvalue weighted by Crippen LogP contribution is -2.34. The van der Waals surface area contributed by atoms with Gasteiger partial charge >= 0.3 is 5.69 Å². The van der Waals surface area contributed by atoms with E-state index in [2.05, 4.69) is 4.98 Å². The number of hydrogen-bond donors (Lipinski definition) is 1. The second-order valence-corrected chi connectivity index (χ2v) is 5.10. The lowest BCUT2D eigenvalue weighted by molar-refractivity contribution is 0.434. The molecule has 92 valence electrons. The molecule has 0 unspecified atom stereocenters. The Kier molecular flexibility index (Phi) is 2.79. The molecule has 0 bridgehead atoms. The van der Waals surface area contributed by atoms with Crippen LogP contribution in [0.4, 0.5) is 0 Å². The zero-order chi connectivity index (χ0) is 12.6. The van der Waals surface area contributed by atoms with Gasteiger partial charge in [-0.3, -0.25) is 14.1 Å². The molecule has 0 amide bonds. The van der Waals surface area contributed by atoms with Crippen molar-refractivity contribution in [3.63, 3.8) is 0 Å². The number of imidazole rings is 1. The molecule has 2 heterocycles. The van der Waals surface area contributed by atoms with Gasteiger partial charge in [0.05, 0.1) is 17.2 Å². The van der Waals surface area contributed by atoms with Crippen molar-refractivity contribution in [2.45, 2.75) is 32.4 Å². The summed E-state index contributed by atoms with van der Waals surface area (Å²) in [7, 11) is 1.77. The molecule has 0 fully saturated rings. The van der Waals surface area contributed by atoms with E-state index in [0.29, 0.717) is 6.54 Å². The number of aromatic nitrogens is 3. The van der Waals surface area contributed by atoms with Crippen LogP contribution >= 0.6 is 0 Å². The minimum Gasteiger partial charge on any atom is -0.325 e. The number of fused-ring (bicyclic) bond motifs is 1. The minimum atomic E-state index is -0.274. The Bertz CT molecular complexity index is 589. The first kappa shape index (κ1) is 11.9. The van der Waals surface area contributed by atoms with Gasteiger partial charge in [-0.15, -0.1) is 0 Å². The predicted octanol–water partition coefficient (Wildman–Crippen LogP) is 0.862. The first-order valence-corrected chi connectivity index (χ1v) is 5.68. The monoisotopic (exact) mass is 234 g/mol. The highest BCUT2D eigenvalue weighted by Crippen LogP contribution is 2.12. The van der Waals surface area contributed by atoms with Crippen molar-refractivity contribution in [1.82, 2.24) is 14.1 Å². The summed E-state index contributed by atoms with van der Waals surface area (Å²) >= 11 is 0. The molecule has 2 aromatic heterocycles. The number of nitrogens with two attached hydrogens (primary N) is 1. The quantitative estimate of drug-likeness (QED) is 0.856. The van der Waals surface area contributed by atoms with Crippen LogP contribution < -0.4 is 11.4 Å². The molecule has 0 saturated heterocycles. The molecule has 0 aliphatic rings. The molecule has 5 nitrogen and oxygen atoms in total. The number of hydrogen-bond acceptors (Lipinski definition) is 3. The number of nitrogens with zero attached hydrogens (tertiary/aromatic N) is 3. The van der Waals surface area contributed by atoms with E-state index in [9.17, 15) is 4.79 Å². The fraction of sp³-hybridized carbons (Fsp3) is 0.500. The molecular weight excluding hydrogens is 216 g/mol. The summed E-state index contributed by atoms with van der Waals surface area (Å²) in [4.78, 5) is 16.1. The van der Waals surface area contributed by atoms with Crippen LogP contribution in [0, 0.1) is 0 Å². The third-order valence-corrected chi connectivity index (χ3v) is 2.93. The summed E-state index contributed by atoms with van der Waals surface area (Å²) < 4.78 is 3.37. The largest absolute Gasteiger partial charge is 0.328 e. The smallest absolute Gasteiger partial charge is 0.325 e. The summed E-state index contributed by atoms with van der Waals surface area (Å²) in [5.41, 5.74) is 7.42. The van der Waals surface area contributed by atoms with E-state index in [4.69, 9.17) is 5.73 Å². The highest BCUT2D eigenvalue weighted by atomic mass is 16.1. The van der Waals surface area contributed by atoms with Gasteiger partial charge in [0.25, 0.3) is 0 Å². The van der Waals surface area contributed by atoms with Gasteiger partial charge in [0.15, 0.2) is 0 Å². The van der Waals surface area contributed by atoms with E-state index in [-0.39, 0.29) is 11.2 Å². The molecule has 0 aliphatic heterocycles. The molecule has 2 N–H and O–H groups in total. The standard InChI is InChI=1S/C12H18N4O/c1-12(2,13)5-7-16-10-8-14-6-4-9(10)15(3)11(16)17/h4,6,8H,5,7,13H2,1-3H3. The van der Waals surface area contributed by atoms with Crippen LogP contribution in [0.2, 0.25) is 0 Å². The molecular formula is C12H18N4O. The van der Waals surface area contributed by atoms with Gasteiger partial charge in [0, 0.05) is 25.3 Å². The Morgan fingerprint density at radius 2 is 2.12 bits per heavy atom. The van der Waals surface area contributed by atoms with E-state index in [1.165, 1.54) is 0 Å². The van der Waals surface area contributed by atoms with Gasteiger partial charge in [0.1, 0.15) is 0 Å². The lowest BCUT2D eigenvalue weighted by Gasteiger charge is -2.18. The van der Waals surface area contributed by atoms with Crippen LogP contribution in [-0.2, 0) is 13.6 Å². The Hall–Kier alpha value is -1.62. The SMILES string of the molecule is Cn1c(=O)n(CCC(C)(C)N)c2cnccc21. The molecule has 0 saturated carbocycles. The van der Waals surface area contributed by atoms with Gasteiger partial charge in [-0.2, -0.15) is 0 Å². The summed E-state index contributed by atoms with van der Waals surface area (Å²) in [5, 5.41) is 0. The third-order valence-electron chi connectivity index (χ3n) is 2.93. The maximum atomic E-state index is 12.1. The van der Waals surface area contributed by atoms with Gasteiger partial charge in [-0.25, -0.2) is 4.79 Å². The molecule has 0 spiro atoms. The van der Waals surface area contributed by atoms with E-state index in [0.717, 1.165) is 17.5 Å². The average Bonchev–Trinajstić information content (AvgIpc) is 2.49. The second-order valence-electron chi connectivity index (χ2n) is 5.10. The van der Waals surface area contributed by atoms with Gasteiger partial charge in [0.2, 0.25) is 0 Å². The zero-order valence-corrected chi connectivity index (χ0v) is 10.5. The summed E-state index contributed by atoms with van der Waals surface area (Å²) in [5.74, 6) is 0. The van der Waals surface area contributed by atoms with E-state index in [1.54, 1.807) is 28.6 Å². The Labute approximate surface area is 99.9 Å². The maximum absolute atomic E-state index is 12.1. The molecule has 0 aromatic carbocycles. The second kappa shape index (κ2) is 4.00. The number of rotatable bonds is 3. The van der Waals surface area contributed by atoms with Crippen LogP contribution in [0.5, 0.6) is 0 Å². The van der Waals surface area contributed by atoms with E-state index >= 15 is 0 Å². The molecule has 2 rings (SSSR count). The zero-order valence-electron chi connectivity index (χ0n) is 10.5. The van der Waals surface area contributed by atoms with Crippen molar-refractivity contribution in [3.8, 4) is 0 Å². The number of aryl methyl sites for hydroxylation is 2. The van der Waals surface area contributed by atoms with Gasteiger partial charge in [-0.05, 0) is 26.3 Å². The average molecular weight is 234 g/mol. The van der Waals surface area contributed by atoms with Crippen LogP contribution in [0.3, 0.4) is 0 Å². The molecule has 0 atom stereocenters. The van der Waals surface area contributed by atoms with Crippen LogP contribution in [-0.4, -0.2) is 19.7 Å². The Balaban J connectivity index is 2.47. The normalized spacial score (nSPS) is 12.2. The van der Waals surface area contributed by atoms with Crippen molar-refractivity contribution in [2.75, 3.05) is 0 Å². The summed E-state index contributed by atoms with van der Waals surface area (Å²) in [6.45, 7) is 4.54. The van der Waals surface area contributed by atoms with Gasteiger partial charge in [-0.1, -0.05) is 0 Å². The molecule has 2 aromatic rings. The summed E-state index contributed by atoms with van der Waals surface area (Å²) in [6, 6.07) is 1.85. The molecule has 17 heavy (non-hydrogen) atoms. The highest BCUT2D eigenvalue weighted by Gasteiger charge is 2.14. The van der Waals surface area contributed by atoms with Crippen LogP contribution in [0.15, 0.2) is 23.3 Å². The molecule has 0 aliphatic carbocycles. The van der Waals surface area contributed by atoms with Gasteiger partial charge < -0.3 is 5.73 Å². The third kappa shape index (κ3) is 2.24. The lowest BCUT2D eigenvalue weighted by atomic mass is 10.0. The summed E-state index contributed by atoms with van der Waals surface area (Å²) in [6.07, 6.45) is 4.17. The van der Waals surface area contributed by atoms with E-state index < -0.39 is 0 Å². The fourth-order valence-corrected chi connectivity index (χ4v) is 1.87. The maximum Gasteiger partial charge on any atom is 0.328 e. The van der Waals surface area contributed by atoms with E-state index in [1.807, 2.05) is 19.9 Å². The van der Waals surface area contributed by atoms with Crippen LogP contribution in [0.1, 0.15) is 20.3 Å². The van der Waals surface area contributed by atoms with Crippen molar-refractivity contribution >= 4 is 11.0 Å². The first-order valence-electron chi connectivity index (χ1n) is 5.68. The first-order chi connectivity index (χ1) is 7.90. The highest BCUT2D eigenvalue weighted by molar-refractivity contribution is 5.74. The number of pyridine rings is 1. The topological polar surface area (TPSA) is 65.8 Å². The van der Waals surface area contributed by atoms with Crippen molar-refractivity contribution in [1.29, 1.82) is 0 Å². The predicted molar refractivity (Wildman–Crippen MR) is 67.9 cm³/mol. The van der Waals surface area contributed by atoms with Crippen molar-refractivity contribution < 1.29 is 0 Å². The van der Waals surface area contributed by atoms with Crippen molar-refractivity contribution in [2.24, 2.45) is 12.8 Å². The Morgan fingerprint density at radius 3 is 2.76 bits per heavy atom. The minimum absolute atomic E-state index is 0.0164. The Morgan fingerprint density at radius 1 is 1.41 bits per heavy atom. The fourth-order valence-electron chi connectivity index (χ4n) is 1.87. The van der Waals surface area contributed by atoms with Crippen molar-refractivity contribution in [3.05, 3.63) is 28.9 Å². The van der Waals surface area contributed by atoms with Crippen LogP contribution in [0.25, 0.3) is 11.0 Å². The molecule has 5 heteroatoms. The molecule has 0 radical (unpaired) electrons.